The number of rotatable bonds is 3. The van der Waals surface area contributed by atoms with E-state index in [2.05, 4.69) is 4.98 Å². The first kappa shape index (κ1) is 13.2. The lowest BCUT2D eigenvalue weighted by atomic mass is 9.94. The quantitative estimate of drug-likeness (QED) is 0.900. The summed E-state index contributed by atoms with van der Waals surface area (Å²) in [5.41, 5.74) is 7.45. The fourth-order valence-corrected chi connectivity index (χ4v) is 3.14. The van der Waals surface area contributed by atoms with Gasteiger partial charge in [0, 0.05) is 30.2 Å². The third-order valence-electron chi connectivity index (χ3n) is 4.20. The molecule has 0 spiro atoms. The van der Waals surface area contributed by atoms with E-state index in [4.69, 9.17) is 5.73 Å². The molecule has 0 radical (unpaired) electrons. The fraction of sp³-hybridized carbons (Fsp3) is 0.438. The van der Waals surface area contributed by atoms with E-state index in [1.54, 1.807) is 0 Å². The number of likely N-dealkylation sites (tertiary alicyclic amines) is 1. The molecular weight excluding hydrogens is 250 g/mol. The Labute approximate surface area is 118 Å². The van der Waals surface area contributed by atoms with Crippen molar-refractivity contribution >= 4 is 16.8 Å². The van der Waals surface area contributed by atoms with Crippen LogP contribution in [0.3, 0.4) is 0 Å². The minimum Gasteiger partial charge on any atom is -0.360 e. The first-order valence-electron chi connectivity index (χ1n) is 7.35. The van der Waals surface area contributed by atoms with Crippen LogP contribution >= 0.6 is 0 Å². The number of para-hydroxylation sites is 1. The van der Waals surface area contributed by atoms with E-state index in [0.717, 1.165) is 42.4 Å². The Kier molecular flexibility index (Phi) is 3.74. The van der Waals surface area contributed by atoms with Gasteiger partial charge < -0.3 is 15.6 Å². The van der Waals surface area contributed by atoms with E-state index in [-0.39, 0.29) is 5.91 Å². The Balaban J connectivity index is 1.81. The molecular formula is C16H21N3O. The predicted octanol–water partition coefficient (Wildman–Crippen LogP) is 2.37. The molecule has 1 aliphatic heterocycles. The van der Waals surface area contributed by atoms with Crippen molar-refractivity contribution in [3.8, 4) is 0 Å². The summed E-state index contributed by atoms with van der Waals surface area (Å²) in [6, 6.07) is 7.95. The Morgan fingerprint density at radius 1 is 1.40 bits per heavy atom. The van der Waals surface area contributed by atoms with Gasteiger partial charge in [-0.1, -0.05) is 18.2 Å². The molecule has 0 saturated carbocycles. The number of carbonyl (C=O) groups excluding carboxylic acids is 1. The molecule has 1 saturated heterocycles. The maximum Gasteiger partial charge on any atom is 0.256 e. The highest BCUT2D eigenvalue weighted by atomic mass is 16.2. The first-order valence-corrected chi connectivity index (χ1v) is 7.35. The summed E-state index contributed by atoms with van der Waals surface area (Å²) < 4.78 is 0. The molecule has 1 aliphatic rings. The van der Waals surface area contributed by atoms with Gasteiger partial charge in [-0.3, -0.25) is 4.79 Å². The molecule has 3 rings (SSSR count). The van der Waals surface area contributed by atoms with Crippen LogP contribution in [0.15, 0.2) is 30.5 Å². The van der Waals surface area contributed by atoms with Crippen LogP contribution in [-0.2, 0) is 0 Å². The Morgan fingerprint density at radius 2 is 2.25 bits per heavy atom. The van der Waals surface area contributed by atoms with Gasteiger partial charge in [-0.15, -0.1) is 0 Å². The van der Waals surface area contributed by atoms with Gasteiger partial charge in [-0.25, -0.2) is 0 Å². The largest absolute Gasteiger partial charge is 0.360 e. The molecule has 1 fully saturated rings. The average molecular weight is 271 g/mol. The van der Waals surface area contributed by atoms with Crippen LogP contribution < -0.4 is 5.73 Å². The zero-order valence-corrected chi connectivity index (χ0v) is 11.6. The van der Waals surface area contributed by atoms with Gasteiger partial charge in [0.05, 0.1) is 5.56 Å². The molecule has 1 atom stereocenters. The summed E-state index contributed by atoms with van der Waals surface area (Å²) in [4.78, 5) is 17.9. The van der Waals surface area contributed by atoms with Gasteiger partial charge in [0.25, 0.3) is 5.91 Å². The van der Waals surface area contributed by atoms with Crippen LogP contribution in [0, 0.1) is 5.92 Å². The lowest BCUT2D eigenvalue weighted by Crippen LogP contribution is -2.40. The number of hydrogen-bond donors (Lipinski definition) is 2. The molecule has 1 aromatic carbocycles. The maximum atomic E-state index is 12.7. The van der Waals surface area contributed by atoms with E-state index in [9.17, 15) is 4.79 Å². The van der Waals surface area contributed by atoms with E-state index < -0.39 is 0 Å². The minimum atomic E-state index is 0.143. The Morgan fingerprint density at radius 3 is 3.10 bits per heavy atom. The summed E-state index contributed by atoms with van der Waals surface area (Å²) in [5.74, 6) is 0.701. The third-order valence-corrected chi connectivity index (χ3v) is 4.20. The lowest BCUT2D eigenvalue weighted by molar-refractivity contribution is 0.0671. The van der Waals surface area contributed by atoms with Crippen molar-refractivity contribution in [2.75, 3.05) is 19.6 Å². The van der Waals surface area contributed by atoms with Crippen molar-refractivity contribution in [2.45, 2.75) is 19.3 Å². The number of nitrogens with one attached hydrogen (secondary N) is 1. The van der Waals surface area contributed by atoms with Gasteiger partial charge in [0.2, 0.25) is 0 Å². The average Bonchev–Trinajstić information content (AvgIpc) is 2.91. The maximum absolute atomic E-state index is 12.7. The zero-order chi connectivity index (χ0) is 13.9. The summed E-state index contributed by atoms with van der Waals surface area (Å²) >= 11 is 0. The molecule has 106 valence electrons. The SMILES string of the molecule is NCCC1CCCN(C(=O)c2c[nH]c3ccccc23)C1. The first-order chi connectivity index (χ1) is 9.79. The number of aromatic amines is 1. The van der Waals surface area contributed by atoms with Gasteiger partial charge in [-0.05, 0) is 37.8 Å². The van der Waals surface area contributed by atoms with Crippen LogP contribution in [0.5, 0.6) is 0 Å². The smallest absolute Gasteiger partial charge is 0.256 e. The second-order valence-corrected chi connectivity index (χ2v) is 5.58. The number of carbonyl (C=O) groups is 1. The van der Waals surface area contributed by atoms with Crippen LogP contribution in [-0.4, -0.2) is 35.4 Å². The number of H-pyrrole nitrogens is 1. The van der Waals surface area contributed by atoms with Gasteiger partial charge in [-0.2, -0.15) is 0 Å². The number of amides is 1. The molecule has 2 aromatic rings. The molecule has 1 aromatic heterocycles. The molecule has 1 unspecified atom stereocenters. The number of benzene rings is 1. The van der Waals surface area contributed by atoms with Gasteiger partial charge >= 0.3 is 0 Å². The van der Waals surface area contributed by atoms with Crippen LogP contribution in [0.4, 0.5) is 0 Å². The summed E-state index contributed by atoms with van der Waals surface area (Å²) in [6.45, 7) is 2.41. The van der Waals surface area contributed by atoms with Crippen molar-refractivity contribution in [1.82, 2.24) is 9.88 Å². The van der Waals surface area contributed by atoms with E-state index in [1.807, 2.05) is 35.4 Å². The highest BCUT2D eigenvalue weighted by Crippen LogP contribution is 2.24. The number of fused-ring (bicyclic) bond motifs is 1. The van der Waals surface area contributed by atoms with Crippen molar-refractivity contribution in [1.29, 1.82) is 0 Å². The number of hydrogen-bond acceptors (Lipinski definition) is 2. The van der Waals surface area contributed by atoms with Crippen molar-refractivity contribution in [3.63, 3.8) is 0 Å². The molecule has 2 heterocycles. The second kappa shape index (κ2) is 5.67. The van der Waals surface area contributed by atoms with Crippen LogP contribution in [0.1, 0.15) is 29.6 Å². The number of piperidine rings is 1. The van der Waals surface area contributed by atoms with E-state index >= 15 is 0 Å². The van der Waals surface area contributed by atoms with Crippen molar-refractivity contribution in [3.05, 3.63) is 36.0 Å². The summed E-state index contributed by atoms with van der Waals surface area (Å²) in [7, 11) is 0. The standard InChI is InChI=1S/C16H21N3O/c17-8-7-12-4-3-9-19(11-12)16(20)14-10-18-15-6-2-1-5-13(14)15/h1-2,5-6,10,12,18H,3-4,7-9,11,17H2. The lowest BCUT2D eigenvalue weighted by Gasteiger charge is -2.32. The van der Waals surface area contributed by atoms with Gasteiger partial charge in [0.1, 0.15) is 0 Å². The highest BCUT2D eigenvalue weighted by molar-refractivity contribution is 6.06. The monoisotopic (exact) mass is 271 g/mol. The van der Waals surface area contributed by atoms with E-state index in [1.165, 1.54) is 6.42 Å². The second-order valence-electron chi connectivity index (χ2n) is 5.58. The molecule has 1 amide bonds. The van der Waals surface area contributed by atoms with Crippen molar-refractivity contribution in [2.24, 2.45) is 11.7 Å². The minimum absolute atomic E-state index is 0.143. The Hall–Kier alpha value is -1.81. The summed E-state index contributed by atoms with van der Waals surface area (Å²) in [6.07, 6.45) is 5.12. The molecule has 3 N–H and O–H groups in total. The number of nitrogens with zero attached hydrogens (tertiary/aromatic N) is 1. The van der Waals surface area contributed by atoms with Crippen LogP contribution in [0.2, 0.25) is 0 Å². The molecule has 4 heteroatoms. The number of nitrogens with two attached hydrogens (primary N) is 1. The zero-order valence-electron chi connectivity index (χ0n) is 11.6. The third kappa shape index (κ3) is 2.43. The molecule has 0 bridgehead atoms. The fourth-order valence-electron chi connectivity index (χ4n) is 3.14. The van der Waals surface area contributed by atoms with E-state index in [0.29, 0.717) is 12.5 Å². The van der Waals surface area contributed by atoms with Crippen molar-refractivity contribution < 1.29 is 4.79 Å². The number of aromatic nitrogens is 1. The highest BCUT2D eigenvalue weighted by Gasteiger charge is 2.25. The van der Waals surface area contributed by atoms with Gasteiger partial charge in [0.15, 0.2) is 0 Å². The normalized spacial score (nSPS) is 19.4. The molecule has 20 heavy (non-hydrogen) atoms. The summed E-state index contributed by atoms with van der Waals surface area (Å²) in [5, 5.41) is 1.01. The Bertz CT molecular complexity index is 603. The molecule has 4 nitrogen and oxygen atoms in total. The topological polar surface area (TPSA) is 62.1 Å². The van der Waals surface area contributed by atoms with Crippen LogP contribution in [0.25, 0.3) is 10.9 Å². The predicted molar refractivity (Wildman–Crippen MR) is 80.6 cm³/mol. The molecule has 0 aliphatic carbocycles.